The summed E-state index contributed by atoms with van der Waals surface area (Å²) in [5, 5.41) is 14.3. The highest BCUT2D eigenvalue weighted by Gasteiger charge is 2.52. The van der Waals surface area contributed by atoms with Crippen LogP contribution in [0, 0.1) is 32.8 Å². The molecule has 246 valence electrons. The minimum atomic E-state index is -0.534. The van der Waals surface area contributed by atoms with Gasteiger partial charge in [-0.3, -0.25) is 19.7 Å². The Morgan fingerprint density at radius 3 is 1.70 bits per heavy atom. The smallest absolute Gasteiger partial charge is 0.306 e. The van der Waals surface area contributed by atoms with Gasteiger partial charge >= 0.3 is 5.97 Å². The van der Waals surface area contributed by atoms with Crippen molar-refractivity contribution < 1.29 is 19.2 Å². The minimum Gasteiger partial charge on any atom is -0.466 e. The van der Waals surface area contributed by atoms with Gasteiger partial charge in [-0.25, -0.2) is 0 Å². The predicted molar refractivity (Wildman–Crippen MR) is 169 cm³/mol. The summed E-state index contributed by atoms with van der Waals surface area (Å²) in [6, 6.07) is 0. The Kier molecular flexibility index (Phi) is 11.2. The van der Waals surface area contributed by atoms with Gasteiger partial charge in [0.05, 0.1) is 13.0 Å². The minimum absolute atomic E-state index is 0.125. The number of carbonyl (C=O) groups excluding carboxylic acids is 2. The van der Waals surface area contributed by atoms with E-state index < -0.39 is 5.41 Å². The lowest BCUT2D eigenvalue weighted by Gasteiger charge is -2.51. The Hall–Kier alpha value is -1.74. The Morgan fingerprint density at radius 1 is 0.860 bits per heavy atom. The zero-order valence-corrected chi connectivity index (χ0v) is 27.9. The fraction of sp³-hybridized carbons (Fsp3) is 0.941. The molecule has 0 aromatic heterocycles. The summed E-state index contributed by atoms with van der Waals surface area (Å²) in [4.78, 5) is 39.4. The van der Waals surface area contributed by atoms with E-state index in [0.29, 0.717) is 23.5 Å². The standard InChI is InChI=1S/C18H32N2O4.C16H28N2O/c1-4-24-16(21)13-17(14-20(22)23)9-11-18(12-10-17,19(2)3)15-7-5-6-8-15;1-18(2)16(13-5-3-4-6-13)9-7-15(8-10-16)11-14(19)17-12-15/h15H,4-14H2,1-3H3;13H,3-12H2,1-2H3,(H,17,19). The third kappa shape index (κ3) is 7.57. The fourth-order valence-electron chi connectivity index (χ4n) is 10.1. The van der Waals surface area contributed by atoms with Crippen LogP contribution in [0.15, 0.2) is 0 Å². The average Bonchev–Trinajstić information content (AvgIpc) is 3.74. The Balaban J connectivity index is 0.000000202. The van der Waals surface area contributed by atoms with E-state index >= 15 is 0 Å². The molecule has 0 bridgehead atoms. The van der Waals surface area contributed by atoms with Crippen molar-refractivity contribution in [3.63, 3.8) is 0 Å². The molecular formula is C34H60N4O5. The third-order valence-electron chi connectivity index (χ3n) is 12.8. The number of esters is 1. The fourth-order valence-corrected chi connectivity index (χ4v) is 10.1. The van der Waals surface area contributed by atoms with Crippen molar-refractivity contribution >= 4 is 11.9 Å². The highest BCUT2D eigenvalue weighted by molar-refractivity contribution is 5.79. The van der Waals surface area contributed by atoms with Gasteiger partial charge < -0.3 is 19.9 Å². The molecule has 5 aliphatic rings. The zero-order valence-electron chi connectivity index (χ0n) is 27.9. The predicted octanol–water partition coefficient (Wildman–Crippen LogP) is 5.82. The van der Waals surface area contributed by atoms with Crippen LogP contribution in [0.25, 0.3) is 0 Å². The lowest BCUT2D eigenvalue weighted by Crippen LogP contribution is -2.54. The molecule has 43 heavy (non-hydrogen) atoms. The van der Waals surface area contributed by atoms with Crippen LogP contribution in [0.2, 0.25) is 0 Å². The number of ether oxygens (including phenoxy) is 1. The van der Waals surface area contributed by atoms with Crippen LogP contribution in [0.5, 0.6) is 0 Å². The average molecular weight is 605 g/mol. The Labute approximate surface area is 260 Å². The van der Waals surface area contributed by atoms with Gasteiger partial charge in [0, 0.05) is 34.4 Å². The lowest BCUT2D eigenvalue weighted by atomic mass is 9.61. The van der Waals surface area contributed by atoms with E-state index in [0.717, 1.165) is 44.6 Å². The first-order valence-corrected chi connectivity index (χ1v) is 17.3. The molecule has 0 unspecified atom stereocenters. The molecule has 0 aromatic rings. The van der Waals surface area contributed by atoms with E-state index in [1.54, 1.807) is 6.92 Å². The molecule has 1 saturated heterocycles. The van der Waals surface area contributed by atoms with Crippen molar-refractivity contribution in [2.75, 3.05) is 47.9 Å². The van der Waals surface area contributed by atoms with Gasteiger partial charge in [-0.05, 0) is 129 Å². The molecule has 9 nitrogen and oxygen atoms in total. The van der Waals surface area contributed by atoms with E-state index in [-0.39, 0.29) is 35.3 Å². The number of nitrogens with zero attached hydrogens (tertiary/aromatic N) is 3. The highest BCUT2D eigenvalue weighted by atomic mass is 16.6. The quantitative estimate of drug-likeness (QED) is 0.201. The molecule has 0 aromatic carbocycles. The van der Waals surface area contributed by atoms with Crippen LogP contribution >= 0.6 is 0 Å². The van der Waals surface area contributed by atoms with Gasteiger partial charge in [-0.2, -0.15) is 0 Å². The summed E-state index contributed by atoms with van der Waals surface area (Å²) < 4.78 is 5.08. The van der Waals surface area contributed by atoms with Crippen molar-refractivity contribution in [3.8, 4) is 0 Å². The molecule has 1 heterocycles. The highest BCUT2D eigenvalue weighted by Crippen LogP contribution is 2.53. The van der Waals surface area contributed by atoms with Crippen molar-refractivity contribution in [1.82, 2.24) is 15.1 Å². The monoisotopic (exact) mass is 604 g/mol. The first kappa shape index (κ1) is 34.1. The molecule has 4 aliphatic carbocycles. The molecule has 5 rings (SSSR count). The summed E-state index contributed by atoms with van der Waals surface area (Å²) in [6.45, 7) is 2.91. The van der Waals surface area contributed by atoms with Gasteiger partial charge in [-0.1, -0.05) is 25.7 Å². The zero-order chi connectivity index (χ0) is 31.3. The van der Waals surface area contributed by atoms with E-state index in [9.17, 15) is 19.7 Å². The number of rotatable bonds is 9. The van der Waals surface area contributed by atoms with Gasteiger partial charge in [0.15, 0.2) is 0 Å². The van der Waals surface area contributed by atoms with Gasteiger partial charge in [0.25, 0.3) is 0 Å². The largest absolute Gasteiger partial charge is 0.466 e. The van der Waals surface area contributed by atoms with Crippen LogP contribution in [-0.2, 0) is 14.3 Å². The maximum Gasteiger partial charge on any atom is 0.306 e. The first-order chi connectivity index (χ1) is 20.4. The normalized spacial score (nSPS) is 35.3. The number of nitro groups is 1. The second-order valence-electron chi connectivity index (χ2n) is 15.4. The SMILES string of the molecule is CCOC(=O)CC1(C[N+](=O)[O-])CCC(C2CCCC2)(N(C)C)CC1.CN(C)C1(C2CCCC2)CCC2(CC1)CNC(=O)C2. The molecular weight excluding hydrogens is 544 g/mol. The number of carbonyl (C=O) groups is 2. The van der Waals surface area contributed by atoms with Gasteiger partial charge in [-0.15, -0.1) is 0 Å². The van der Waals surface area contributed by atoms with E-state index in [1.165, 1.54) is 77.0 Å². The van der Waals surface area contributed by atoms with Crippen LogP contribution in [0.1, 0.15) is 122 Å². The van der Waals surface area contributed by atoms with Crippen molar-refractivity contribution in [2.45, 2.75) is 134 Å². The number of hydrogen-bond donors (Lipinski definition) is 1. The molecule has 0 atom stereocenters. The summed E-state index contributed by atoms with van der Waals surface area (Å²) in [5.74, 6) is 1.56. The second kappa shape index (κ2) is 14.1. The molecule has 4 saturated carbocycles. The number of nitrogens with one attached hydrogen (secondary N) is 1. The molecule has 1 N–H and O–H groups in total. The summed E-state index contributed by atoms with van der Waals surface area (Å²) in [7, 11) is 8.83. The lowest BCUT2D eigenvalue weighted by molar-refractivity contribution is -0.499. The van der Waals surface area contributed by atoms with Gasteiger partial charge in [0.1, 0.15) is 0 Å². The maximum absolute atomic E-state index is 12.0. The summed E-state index contributed by atoms with van der Waals surface area (Å²) >= 11 is 0. The van der Waals surface area contributed by atoms with Gasteiger partial charge in [0.2, 0.25) is 12.5 Å². The first-order valence-electron chi connectivity index (χ1n) is 17.3. The van der Waals surface area contributed by atoms with Crippen molar-refractivity contribution in [2.24, 2.45) is 22.7 Å². The van der Waals surface area contributed by atoms with E-state index in [2.05, 4.69) is 43.3 Å². The van der Waals surface area contributed by atoms with Crippen LogP contribution < -0.4 is 5.32 Å². The molecule has 9 heteroatoms. The number of hydrogen-bond acceptors (Lipinski definition) is 7. The molecule has 5 fully saturated rings. The Bertz CT molecular complexity index is 954. The van der Waals surface area contributed by atoms with Crippen molar-refractivity contribution in [1.29, 1.82) is 0 Å². The Morgan fingerprint density at radius 2 is 1.33 bits per heavy atom. The molecule has 0 radical (unpaired) electrons. The molecule has 1 amide bonds. The van der Waals surface area contributed by atoms with Crippen LogP contribution in [-0.4, -0.2) is 85.6 Å². The van der Waals surface area contributed by atoms with Crippen LogP contribution in [0.3, 0.4) is 0 Å². The third-order valence-corrected chi connectivity index (χ3v) is 12.8. The molecule has 1 spiro atoms. The summed E-state index contributed by atoms with van der Waals surface area (Å²) in [6.07, 6.45) is 20.2. The number of amides is 1. The van der Waals surface area contributed by atoms with E-state index in [4.69, 9.17) is 4.74 Å². The topological polar surface area (TPSA) is 105 Å². The summed E-state index contributed by atoms with van der Waals surface area (Å²) in [5.41, 5.74) is 0.335. The maximum atomic E-state index is 12.0. The molecule has 1 aliphatic heterocycles. The van der Waals surface area contributed by atoms with E-state index in [1.807, 2.05) is 0 Å². The van der Waals surface area contributed by atoms with Crippen LogP contribution in [0.4, 0.5) is 0 Å². The second-order valence-corrected chi connectivity index (χ2v) is 15.4. The van der Waals surface area contributed by atoms with Crippen molar-refractivity contribution in [3.05, 3.63) is 10.1 Å².